The van der Waals surface area contributed by atoms with Gasteiger partial charge in [-0.05, 0) is 31.2 Å². The van der Waals surface area contributed by atoms with Crippen LogP contribution in [0.15, 0.2) is 53.0 Å². The van der Waals surface area contributed by atoms with Gasteiger partial charge in [0.25, 0.3) is 5.91 Å². The fraction of sp³-hybridized carbons (Fsp3) is 0.222. The standard InChI is InChI=1S/C18H16BrFN2O3/c1-18(14-7-2-3-8-15(14)20)16(23)22(17(24)21-18)9-10-25-13-6-4-5-12(19)11-13/h2-8,11H,9-10H2,1H3,(H,21,24). The summed E-state index contributed by atoms with van der Waals surface area (Å²) in [5, 5.41) is 2.58. The topological polar surface area (TPSA) is 58.6 Å². The van der Waals surface area contributed by atoms with Gasteiger partial charge in [0.15, 0.2) is 0 Å². The molecule has 3 amide bonds. The Morgan fingerprint density at radius 1 is 1.20 bits per heavy atom. The van der Waals surface area contributed by atoms with Crippen molar-refractivity contribution in [3.8, 4) is 5.75 Å². The summed E-state index contributed by atoms with van der Waals surface area (Å²) in [4.78, 5) is 25.9. The van der Waals surface area contributed by atoms with Crippen molar-refractivity contribution in [3.05, 3.63) is 64.4 Å². The number of rotatable bonds is 5. The molecular weight excluding hydrogens is 391 g/mol. The molecule has 1 N–H and O–H groups in total. The molecule has 0 aliphatic carbocycles. The molecule has 2 aromatic rings. The van der Waals surface area contributed by atoms with E-state index in [1.54, 1.807) is 18.2 Å². The lowest BCUT2D eigenvalue weighted by atomic mass is 9.91. The predicted molar refractivity (Wildman–Crippen MR) is 93.6 cm³/mol. The van der Waals surface area contributed by atoms with Crippen molar-refractivity contribution < 1.29 is 18.7 Å². The van der Waals surface area contributed by atoms with Crippen LogP contribution in [0.2, 0.25) is 0 Å². The molecule has 0 spiro atoms. The number of ether oxygens (including phenoxy) is 1. The second-order valence-electron chi connectivity index (χ2n) is 5.80. The molecule has 7 heteroatoms. The molecule has 0 radical (unpaired) electrons. The molecule has 1 aliphatic heterocycles. The van der Waals surface area contributed by atoms with Crippen molar-refractivity contribution in [2.75, 3.05) is 13.2 Å². The molecule has 3 rings (SSSR count). The van der Waals surface area contributed by atoms with E-state index in [1.807, 2.05) is 12.1 Å². The Morgan fingerprint density at radius 2 is 1.96 bits per heavy atom. The second-order valence-corrected chi connectivity index (χ2v) is 6.71. The van der Waals surface area contributed by atoms with Gasteiger partial charge in [-0.2, -0.15) is 0 Å². The van der Waals surface area contributed by atoms with Crippen LogP contribution in [0.1, 0.15) is 12.5 Å². The predicted octanol–water partition coefficient (Wildman–Crippen LogP) is 3.43. The summed E-state index contributed by atoms with van der Waals surface area (Å²) in [5.74, 6) is -0.412. The van der Waals surface area contributed by atoms with Crippen molar-refractivity contribution in [2.24, 2.45) is 0 Å². The minimum atomic E-state index is -1.42. The number of carbonyl (C=O) groups excluding carboxylic acids is 2. The number of halogens is 2. The number of urea groups is 1. The molecule has 2 aromatic carbocycles. The Hall–Kier alpha value is -2.41. The van der Waals surface area contributed by atoms with Gasteiger partial charge in [0.1, 0.15) is 23.7 Å². The summed E-state index contributed by atoms with van der Waals surface area (Å²) in [7, 11) is 0. The Labute approximate surface area is 152 Å². The molecule has 25 heavy (non-hydrogen) atoms. The number of amides is 3. The average Bonchev–Trinajstić information content (AvgIpc) is 2.79. The van der Waals surface area contributed by atoms with Gasteiger partial charge in [0.2, 0.25) is 0 Å². The highest BCUT2D eigenvalue weighted by Gasteiger charge is 2.49. The van der Waals surface area contributed by atoms with Crippen molar-refractivity contribution in [2.45, 2.75) is 12.5 Å². The molecule has 1 fully saturated rings. The van der Waals surface area contributed by atoms with Crippen molar-refractivity contribution in [3.63, 3.8) is 0 Å². The van der Waals surface area contributed by atoms with E-state index in [-0.39, 0.29) is 18.7 Å². The number of carbonyl (C=O) groups is 2. The highest BCUT2D eigenvalue weighted by Crippen LogP contribution is 2.30. The van der Waals surface area contributed by atoms with Gasteiger partial charge in [0, 0.05) is 10.0 Å². The quantitative estimate of drug-likeness (QED) is 0.773. The van der Waals surface area contributed by atoms with Crippen LogP contribution in [0.3, 0.4) is 0 Å². The van der Waals surface area contributed by atoms with E-state index in [9.17, 15) is 14.0 Å². The van der Waals surface area contributed by atoms with Gasteiger partial charge >= 0.3 is 6.03 Å². The lowest BCUT2D eigenvalue weighted by Crippen LogP contribution is -2.42. The van der Waals surface area contributed by atoms with E-state index in [2.05, 4.69) is 21.2 Å². The number of nitrogens with one attached hydrogen (secondary N) is 1. The first-order valence-corrected chi connectivity index (χ1v) is 8.48. The molecule has 0 bridgehead atoms. The molecule has 1 atom stereocenters. The normalized spacial score (nSPS) is 19.9. The summed E-state index contributed by atoms with van der Waals surface area (Å²) in [6.45, 7) is 1.71. The van der Waals surface area contributed by atoms with E-state index >= 15 is 0 Å². The van der Waals surface area contributed by atoms with Gasteiger partial charge in [-0.15, -0.1) is 0 Å². The highest BCUT2D eigenvalue weighted by atomic mass is 79.9. The minimum Gasteiger partial charge on any atom is -0.492 e. The minimum absolute atomic E-state index is 0.0707. The Kier molecular flexibility index (Phi) is 4.76. The summed E-state index contributed by atoms with van der Waals surface area (Å²) in [6.07, 6.45) is 0. The van der Waals surface area contributed by atoms with E-state index in [0.29, 0.717) is 5.75 Å². The van der Waals surface area contributed by atoms with Crippen LogP contribution in [-0.4, -0.2) is 30.0 Å². The number of imide groups is 1. The van der Waals surface area contributed by atoms with Crippen LogP contribution in [0, 0.1) is 5.82 Å². The van der Waals surface area contributed by atoms with Gasteiger partial charge in [-0.25, -0.2) is 9.18 Å². The van der Waals surface area contributed by atoms with Gasteiger partial charge < -0.3 is 10.1 Å². The number of hydrogen-bond acceptors (Lipinski definition) is 3. The first-order chi connectivity index (χ1) is 11.9. The Balaban J connectivity index is 1.70. The summed E-state index contributed by atoms with van der Waals surface area (Å²) >= 11 is 3.34. The maximum absolute atomic E-state index is 14.1. The molecule has 1 saturated heterocycles. The maximum atomic E-state index is 14.1. The molecule has 1 unspecified atom stereocenters. The van der Waals surface area contributed by atoms with Crippen LogP contribution in [0.4, 0.5) is 9.18 Å². The molecular formula is C18H16BrFN2O3. The van der Waals surface area contributed by atoms with Crippen LogP contribution in [0.5, 0.6) is 5.75 Å². The maximum Gasteiger partial charge on any atom is 0.325 e. The van der Waals surface area contributed by atoms with Crippen molar-refractivity contribution >= 4 is 27.9 Å². The van der Waals surface area contributed by atoms with Gasteiger partial charge in [-0.3, -0.25) is 9.69 Å². The number of nitrogens with zero attached hydrogens (tertiary/aromatic N) is 1. The molecule has 1 heterocycles. The first kappa shape index (κ1) is 17.4. The third-order valence-electron chi connectivity index (χ3n) is 4.07. The zero-order valence-corrected chi connectivity index (χ0v) is 15.0. The lowest BCUT2D eigenvalue weighted by Gasteiger charge is -2.22. The van der Waals surface area contributed by atoms with E-state index < -0.39 is 23.3 Å². The fourth-order valence-electron chi connectivity index (χ4n) is 2.76. The molecule has 0 aromatic heterocycles. The summed E-state index contributed by atoms with van der Waals surface area (Å²) in [6, 6.07) is 12.6. The number of hydrogen-bond donors (Lipinski definition) is 1. The van der Waals surface area contributed by atoms with Crippen LogP contribution < -0.4 is 10.1 Å². The lowest BCUT2D eigenvalue weighted by molar-refractivity contribution is -0.131. The third kappa shape index (κ3) is 3.37. The third-order valence-corrected chi connectivity index (χ3v) is 4.56. The zero-order chi connectivity index (χ0) is 18.0. The molecule has 1 aliphatic rings. The molecule has 130 valence electrons. The molecule has 0 saturated carbocycles. The Bertz CT molecular complexity index is 829. The van der Waals surface area contributed by atoms with Crippen molar-refractivity contribution in [1.82, 2.24) is 10.2 Å². The summed E-state index contributed by atoms with van der Waals surface area (Å²) in [5.41, 5.74) is -1.28. The zero-order valence-electron chi connectivity index (χ0n) is 13.5. The van der Waals surface area contributed by atoms with Crippen LogP contribution in [-0.2, 0) is 10.3 Å². The fourth-order valence-corrected chi connectivity index (χ4v) is 3.14. The van der Waals surface area contributed by atoms with E-state index in [0.717, 1.165) is 9.37 Å². The second kappa shape index (κ2) is 6.84. The van der Waals surface area contributed by atoms with E-state index in [1.165, 1.54) is 25.1 Å². The van der Waals surface area contributed by atoms with E-state index in [4.69, 9.17) is 4.74 Å². The summed E-state index contributed by atoms with van der Waals surface area (Å²) < 4.78 is 20.5. The van der Waals surface area contributed by atoms with Crippen LogP contribution >= 0.6 is 15.9 Å². The monoisotopic (exact) mass is 406 g/mol. The van der Waals surface area contributed by atoms with Crippen LogP contribution in [0.25, 0.3) is 0 Å². The average molecular weight is 407 g/mol. The Morgan fingerprint density at radius 3 is 2.68 bits per heavy atom. The van der Waals surface area contributed by atoms with Gasteiger partial charge in [-0.1, -0.05) is 40.2 Å². The highest BCUT2D eigenvalue weighted by molar-refractivity contribution is 9.10. The van der Waals surface area contributed by atoms with Crippen molar-refractivity contribution in [1.29, 1.82) is 0 Å². The first-order valence-electron chi connectivity index (χ1n) is 7.69. The molecule has 5 nitrogen and oxygen atoms in total. The largest absolute Gasteiger partial charge is 0.492 e. The number of benzene rings is 2. The smallest absolute Gasteiger partial charge is 0.325 e. The van der Waals surface area contributed by atoms with Gasteiger partial charge in [0.05, 0.1) is 6.54 Å². The SMILES string of the molecule is CC1(c2ccccc2F)NC(=O)N(CCOc2cccc(Br)c2)C1=O.